The molecule has 17 heavy (non-hydrogen) atoms. The smallest absolute Gasteiger partial charge is 0.241 e. The van der Waals surface area contributed by atoms with Crippen LogP contribution in [-0.2, 0) is 4.79 Å². The first-order valence-electron chi connectivity index (χ1n) is 5.55. The number of anilines is 1. The molecular formula is C13H15FN2O. The summed E-state index contributed by atoms with van der Waals surface area (Å²) in [5.41, 5.74) is 0.905. The Morgan fingerprint density at radius 2 is 2.29 bits per heavy atom. The highest BCUT2D eigenvalue weighted by molar-refractivity contribution is 5.94. The van der Waals surface area contributed by atoms with Crippen molar-refractivity contribution < 1.29 is 9.18 Å². The van der Waals surface area contributed by atoms with Gasteiger partial charge >= 0.3 is 0 Å². The van der Waals surface area contributed by atoms with Crippen LogP contribution in [0.15, 0.2) is 18.2 Å². The lowest BCUT2D eigenvalue weighted by Gasteiger charge is -2.10. The van der Waals surface area contributed by atoms with E-state index in [1.54, 1.807) is 13.0 Å². The summed E-state index contributed by atoms with van der Waals surface area (Å²) < 4.78 is 13.5. The van der Waals surface area contributed by atoms with Gasteiger partial charge in [-0.1, -0.05) is 19.4 Å². The van der Waals surface area contributed by atoms with Crippen molar-refractivity contribution in [3.05, 3.63) is 29.6 Å². The number of rotatable bonds is 4. The molecule has 0 aromatic heterocycles. The summed E-state index contributed by atoms with van der Waals surface area (Å²) in [6.45, 7) is 3.66. The predicted molar refractivity (Wildman–Crippen MR) is 63.8 cm³/mol. The van der Waals surface area contributed by atoms with Crippen molar-refractivity contribution in [3.63, 3.8) is 0 Å². The topological polar surface area (TPSA) is 52.9 Å². The fourth-order valence-electron chi connectivity index (χ4n) is 1.48. The van der Waals surface area contributed by atoms with Gasteiger partial charge in [0, 0.05) is 0 Å². The van der Waals surface area contributed by atoms with E-state index in [0.29, 0.717) is 6.42 Å². The Balaban J connectivity index is 2.77. The minimum atomic E-state index is -0.722. The SMILES string of the molecule is CCCC(C#N)C(=O)Nc1ccc(C)cc1F. The van der Waals surface area contributed by atoms with Crippen molar-refractivity contribution in [3.8, 4) is 6.07 Å². The third-order valence-corrected chi connectivity index (χ3v) is 2.43. The lowest BCUT2D eigenvalue weighted by Crippen LogP contribution is -2.22. The highest BCUT2D eigenvalue weighted by Gasteiger charge is 2.17. The van der Waals surface area contributed by atoms with E-state index in [9.17, 15) is 9.18 Å². The maximum Gasteiger partial charge on any atom is 0.241 e. The number of benzene rings is 1. The van der Waals surface area contributed by atoms with Gasteiger partial charge in [0.25, 0.3) is 0 Å². The Labute approximate surface area is 100 Å². The van der Waals surface area contributed by atoms with Gasteiger partial charge in [0.15, 0.2) is 0 Å². The molecular weight excluding hydrogens is 219 g/mol. The minimum absolute atomic E-state index is 0.122. The number of nitrogens with one attached hydrogen (secondary N) is 1. The van der Waals surface area contributed by atoms with Crippen molar-refractivity contribution in [2.24, 2.45) is 5.92 Å². The third-order valence-electron chi connectivity index (χ3n) is 2.43. The van der Waals surface area contributed by atoms with Crippen LogP contribution in [0.1, 0.15) is 25.3 Å². The molecule has 1 amide bonds. The lowest BCUT2D eigenvalue weighted by atomic mass is 10.0. The number of carbonyl (C=O) groups is 1. The van der Waals surface area contributed by atoms with Gasteiger partial charge in [0.2, 0.25) is 5.91 Å². The lowest BCUT2D eigenvalue weighted by molar-refractivity contribution is -0.118. The molecule has 1 aromatic rings. The molecule has 4 heteroatoms. The average Bonchev–Trinajstić information content (AvgIpc) is 2.29. The largest absolute Gasteiger partial charge is 0.322 e. The molecule has 0 aliphatic carbocycles. The number of carbonyl (C=O) groups excluding carboxylic acids is 1. The van der Waals surface area contributed by atoms with E-state index in [0.717, 1.165) is 12.0 Å². The standard InChI is InChI=1S/C13H15FN2O/c1-3-4-10(8-15)13(17)16-12-6-5-9(2)7-11(12)14/h5-7,10H,3-4H2,1-2H3,(H,16,17). The summed E-state index contributed by atoms with van der Waals surface area (Å²) >= 11 is 0. The number of nitriles is 1. The Morgan fingerprint density at radius 3 is 2.82 bits per heavy atom. The Kier molecular flexibility index (Phi) is 4.65. The zero-order valence-electron chi connectivity index (χ0n) is 9.96. The highest BCUT2D eigenvalue weighted by Crippen LogP contribution is 2.17. The van der Waals surface area contributed by atoms with Crippen LogP contribution >= 0.6 is 0 Å². The van der Waals surface area contributed by atoms with Crippen LogP contribution in [0.3, 0.4) is 0 Å². The van der Waals surface area contributed by atoms with Crippen LogP contribution in [-0.4, -0.2) is 5.91 Å². The molecule has 0 saturated carbocycles. The molecule has 90 valence electrons. The number of aryl methyl sites for hydroxylation is 1. The second kappa shape index (κ2) is 6.00. The minimum Gasteiger partial charge on any atom is -0.322 e. The van der Waals surface area contributed by atoms with Gasteiger partial charge in [-0.15, -0.1) is 0 Å². The summed E-state index contributed by atoms with van der Waals surface area (Å²) in [5.74, 6) is -1.65. The second-order valence-electron chi connectivity index (χ2n) is 3.94. The summed E-state index contributed by atoms with van der Waals surface area (Å²) in [6.07, 6.45) is 1.22. The third kappa shape index (κ3) is 3.56. The van der Waals surface area contributed by atoms with Crippen LogP contribution < -0.4 is 5.32 Å². The molecule has 0 spiro atoms. The molecule has 0 heterocycles. The summed E-state index contributed by atoms with van der Waals surface area (Å²) in [6, 6.07) is 6.47. The maximum atomic E-state index is 13.5. The number of halogens is 1. The molecule has 0 fully saturated rings. The molecule has 1 rings (SSSR count). The fraction of sp³-hybridized carbons (Fsp3) is 0.385. The van der Waals surface area contributed by atoms with Gasteiger partial charge in [-0.05, 0) is 31.0 Å². The zero-order valence-corrected chi connectivity index (χ0v) is 9.96. The molecule has 1 N–H and O–H groups in total. The Hall–Kier alpha value is -1.89. The van der Waals surface area contributed by atoms with Gasteiger partial charge in [-0.3, -0.25) is 4.79 Å². The van der Waals surface area contributed by atoms with Crippen molar-refractivity contribution in [2.45, 2.75) is 26.7 Å². The van der Waals surface area contributed by atoms with Crippen molar-refractivity contribution in [1.29, 1.82) is 5.26 Å². The number of amides is 1. The van der Waals surface area contributed by atoms with Crippen LogP contribution in [0.5, 0.6) is 0 Å². The van der Waals surface area contributed by atoms with Gasteiger partial charge in [0.1, 0.15) is 11.7 Å². The van der Waals surface area contributed by atoms with Crippen molar-refractivity contribution in [1.82, 2.24) is 0 Å². The molecule has 1 unspecified atom stereocenters. The molecule has 1 aromatic carbocycles. The van der Waals surface area contributed by atoms with E-state index in [4.69, 9.17) is 5.26 Å². The van der Waals surface area contributed by atoms with Gasteiger partial charge in [-0.25, -0.2) is 4.39 Å². The maximum absolute atomic E-state index is 13.5. The van der Waals surface area contributed by atoms with E-state index in [2.05, 4.69) is 5.32 Å². The van der Waals surface area contributed by atoms with Gasteiger partial charge < -0.3 is 5.32 Å². The van der Waals surface area contributed by atoms with E-state index < -0.39 is 17.6 Å². The first kappa shape index (κ1) is 13.2. The normalized spacial score (nSPS) is 11.6. The number of hydrogen-bond donors (Lipinski definition) is 1. The summed E-state index contributed by atoms with van der Waals surface area (Å²) in [5, 5.41) is 11.3. The average molecular weight is 234 g/mol. The quantitative estimate of drug-likeness (QED) is 0.870. The van der Waals surface area contributed by atoms with Crippen molar-refractivity contribution in [2.75, 3.05) is 5.32 Å². The van der Waals surface area contributed by atoms with E-state index in [1.807, 2.05) is 13.0 Å². The molecule has 0 aliphatic heterocycles. The van der Waals surface area contributed by atoms with Crippen LogP contribution in [0, 0.1) is 30.0 Å². The molecule has 3 nitrogen and oxygen atoms in total. The van der Waals surface area contributed by atoms with E-state index >= 15 is 0 Å². The molecule has 0 saturated heterocycles. The Morgan fingerprint density at radius 1 is 1.59 bits per heavy atom. The van der Waals surface area contributed by atoms with E-state index in [-0.39, 0.29) is 5.69 Å². The van der Waals surface area contributed by atoms with Crippen molar-refractivity contribution >= 4 is 11.6 Å². The fourth-order valence-corrected chi connectivity index (χ4v) is 1.48. The second-order valence-corrected chi connectivity index (χ2v) is 3.94. The van der Waals surface area contributed by atoms with Crippen LogP contribution in [0.25, 0.3) is 0 Å². The molecule has 0 radical (unpaired) electrons. The van der Waals surface area contributed by atoms with Crippen LogP contribution in [0.4, 0.5) is 10.1 Å². The van der Waals surface area contributed by atoms with Gasteiger partial charge in [-0.2, -0.15) is 5.26 Å². The first-order valence-corrected chi connectivity index (χ1v) is 5.55. The molecule has 1 atom stereocenters. The van der Waals surface area contributed by atoms with E-state index in [1.165, 1.54) is 12.1 Å². The molecule has 0 aliphatic rings. The Bertz CT molecular complexity index is 451. The summed E-state index contributed by atoms with van der Waals surface area (Å²) in [7, 11) is 0. The zero-order chi connectivity index (χ0) is 12.8. The molecule has 0 bridgehead atoms. The monoisotopic (exact) mass is 234 g/mol. The highest BCUT2D eigenvalue weighted by atomic mass is 19.1. The summed E-state index contributed by atoms with van der Waals surface area (Å²) in [4.78, 5) is 11.7. The van der Waals surface area contributed by atoms with Gasteiger partial charge in [0.05, 0.1) is 11.8 Å². The number of nitrogens with zero attached hydrogens (tertiary/aromatic N) is 1. The number of hydrogen-bond acceptors (Lipinski definition) is 2. The van der Waals surface area contributed by atoms with Crippen LogP contribution in [0.2, 0.25) is 0 Å². The predicted octanol–water partition coefficient (Wildman–Crippen LogP) is 3.01. The first-order chi connectivity index (χ1) is 8.08.